The van der Waals surface area contributed by atoms with Crippen LogP contribution in [0.25, 0.3) is 0 Å². The number of amides is 1. The van der Waals surface area contributed by atoms with Crippen molar-refractivity contribution < 1.29 is 14.3 Å². The number of hydrogen-bond acceptors (Lipinski definition) is 3. The summed E-state index contributed by atoms with van der Waals surface area (Å²) >= 11 is 5.54. The van der Waals surface area contributed by atoms with Crippen molar-refractivity contribution in [3.05, 3.63) is 23.3 Å². The van der Waals surface area contributed by atoms with Crippen LogP contribution in [0.2, 0.25) is 0 Å². The van der Waals surface area contributed by atoms with E-state index in [4.69, 9.17) is 16.3 Å². The normalized spacial score (nSPS) is 9.88. The molecule has 0 N–H and O–H groups in total. The maximum atomic E-state index is 11.7. The van der Waals surface area contributed by atoms with E-state index in [0.29, 0.717) is 23.4 Å². The van der Waals surface area contributed by atoms with E-state index in [1.54, 1.807) is 19.2 Å². The first kappa shape index (κ1) is 13.5. The molecule has 0 spiro atoms. The van der Waals surface area contributed by atoms with E-state index in [-0.39, 0.29) is 11.7 Å². The lowest BCUT2D eigenvalue weighted by Gasteiger charge is -2.17. The van der Waals surface area contributed by atoms with E-state index in [1.165, 1.54) is 12.0 Å². The second kappa shape index (κ2) is 5.68. The van der Waals surface area contributed by atoms with Gasteiger partial charge in [-0.3, -0.25) is 9.59 Å². The third-order valence-electron chi connectivity index (χ3n) is 2.47. The number of carbonyl (C=O) groups excluding carboxylic acids is 2. The van der Waals surface area contributed by atoms with Gasteiger partial charge in [-0.2, -0.15) is 0 Å². The van der Waals surface area contributed by atoms with Crippen LogP contribution in [0.15, 0.2) is 12.1 Å². The fourth-order valence-electron chi connectivity index (χ4n) is 1.54. The number of hydrogen-bond donors (Lipinski definition) is 0. The van der Waals surface area contributed by atoms with Gasteiger partial charge >= 0.3 is 0 Å². The number of Topliss-reactive ketones (excluding diaryl/α,β-unsaturated/α-hetero) is 1. The highest BCUT2D eigenvalue weighted by Crippen LogP contribution is 2.28. The SMILES string of the molecule is COc1cc(C(=O)CCl)c(N(C)C=O)cc1C. The van der Waals surface area contributed by atoms with Gasteiger partial charge in [-0.1, -0.05) is 0 Å². The molecule has 4 nitrogen and oxygen atoms in total. The Labute approximate surface area is 105 Å². The molecular weight excluding hydrogens is 242 g/mol. The summed E-state index contributed by atoms with van der Waals surface area (Å²) in [5.41, 5.74) is 1.77. The summed E-state index contributed by atoms with van der Waals surface area (Å²) in [6, 6.07) is 3.34. The van der Waals surface area contributed by atoms with Gasteiger partial charge in [-0.15, -0.1) is 11.6 Å². The van der Waals surface area contributed by atoms with Gasteiger partial charge in [-0.05, 0) is 24.6 Å². The van der Waals surface area contributed by atoms with E-state index < -0.39 is 0 Å². The molecule has 1 aromatic rings. The first-order valence-electron chi connectivity index (χ1n) is 5.01. The van der Waals surface area contributed by atoms with Crippen molar-refractivity contribution in [2.24, 2.45) is 0 Å². The highest BCUT2D eigenvalue weighted by atomic mass is 35.5. The molecule has 0 radical (unpaired) electrons. The van der Waals surface area contributed by atoms with Crippen LogP contribution in [0.3, 0.4) is 0 Å². The number of aryl methyl sites for hydroxylation is 1. The third kappa shape index (κ3) is 2.77. The van der Waals surface area contributed by atoms with Gasteiger partial charge in [0.2, 0.25) is 6.41 Å². The third-order valence-corrected chi connectivity index (χ3v) is 2.72. The number of benzene rings is 1. The molecule has 0 bridgehead atoms. The summed E-state index contributed by atoms with van der Waals surface area (Å²) in [6.07, 6.45) is 0.645. The molecule has 0 atom stereocenters. The van der Waals surface area contributed by atoms with E-state index >= 15 is 0 Å². The van der Waals surface area contributed by atoms with Gasteiger partial charge in [0.05, 0.1) is 18.7 Å². The number of ketones is 1. The van der Waals surface area contributed by atoms with Crippen molar-refractivity contribution in [2.75, 3.05) is 24.9 Å². The lowest BCUT2D eigenvalue weighted by atomic mass is 10.0. The monoisotopic (exact) mass is 255 g/mol. The van der Waals surface area contributed by atoms with Gasteiger partial charge < -0.3 is 9.64 Å². The van der Waals surface area contributed by atoms with Gasteiger partial charge in [-0.25, -0.2) is 0 Å². The molecule has 0 heterocycles. The number of carbonyl (C=O) groups is 2. The Hall–Kier alpha value is -1.55. The molecule has 1 amide bonds. The summed E-state index contributed by atoms with van der Waals surface area (Å²) in [5.74, 6) is 0.224. The zero-order chi connectivity index (χ0) is 13.0. The van der Waals surface area contributed by atoms with Crippen LogP contribution < -0.4 is 9.64 Å². The molecule has 92 valence electrons. The van der Waals surface area contributed by atoms with Crippen LogP contribution in [0.5, 0.6) is 5.75 Å². The highest BCUT2D eigenvalue weighted by molar-refractivity contribution is 6.31. The molecule has 5 heteroatoms. The minimum Gasteiger partial charge on any atom is -0.496 e. The Balaban J connectivity index is 3.40. The van der Waals surface area contributed by atoms with Gasteiger partial charge in [0.15, 0.2) is 5.78 Å². The number of nitrogens with zero attached hydrogens (tertiary/aromatic N) is 1. The summed E-state index contributed by atoms with van der Waals surface area (Å²) in [5, 5.41) is 0. The number of rotatable bonds is 5. The van der Waals surface area contributed by atoms with Crippen molar-refractivity contribution in [3.8, 4) is 5.75 Å². The van der Waals surface area contributed by atoms with E-state index in [0.717, 1.165) is 5.56 Å². The number of alkyl halides is 1. The average Bonchev–Trinajstić information content (AvgIpc) is 2.36. The van der Waals surface area contributed by atoms with Crippen LogP contribution in [0.4, 0.5) is 5.69 Å². The summed E-state index contributed by atoms with van der Waals surface area (Å²) in [6.45, 7) is 1.84. The Morgan fingerprint density at radius 2 is 2.18 bits per heavy atom. The van der Waals surface area contributed by atoms with E-state index in [9.17, 15) is 9.59 Å². The number of methoxy groups -OCH3 is 1. The maximum absolute atomic E-state index is 11.7. The predicted molar refractivity (Wildman–Crippen MR) is 67.2 cm³/mol. The standard InChI is InChI=1S/C12H14ClNO3/c1-8-4-10(14(2)7-15)9(11(16)6-13)5-12(8)17-3/h4-5,7H,6H2,1-3H3. The number of halogens is 1. The molecule has 1 rings (SSSR count). The summed E-state index contributed by atoms with van der Waals surface area (Å²) in [4.78, 5) is 23.8. The Morgan fingerprint density at radius 1 is 1.53 bits per heavy atom. The number of ether oxygens (including phenoxy) is 1. The zero-order valence-corrected chi connectivity index (χ0v) is 10.7. The Bertz CT molecular complexity index is 446. The van der Waals surface area contributed by atoms with Crippen LogP contribution in [-0.4, -0.2) is 32.2 Å². The fourth-order valence-corrected chi connectivity index (χ4v) is 1.68. The maximum Gasteiger partial charge on any atom is 0.213 e. The summed E-state index contributed by atoms with van der Waals surface area (Å²) in [7, 11) is 3.11. The predicted octanol–water partition coefficient (Wildman–Crippen LogP) is 2.02. The minimum absolute atomic E-state index is 0.133. The molecule has 1 aromatic carbocycles. The molecule has 0 fully saturated rings. The first-order chi connectivity index (χ1) is 8.04. The van der Waals surface area contributed by atoms with E-state index in [1.807, 2.05) is 6.92 Å². The second-order valence-electron chi connectivity index (χ2n) is 3.61. The average molecular weight is 256 g/mol. The lowest BCUT2D eigenvalue weighted by Crippen LogP contribution is -2.18. The Kier molecular flexibility index (Phi) is 4.52. The molecule has 0 aliphatic rings. The molecule has 0 saturated heterocycles. The topological polar surface area (TPSA) is 46.6 Å². The van der Waals surface area contributed by atoms with Crippen LogP contribution in [0.1, 0.15) is 15.9 Å². The van der Waals surface area contributed by atoms with Crippen molar-refractivity contribution >= 4 is 29.5 Å². The van der Waals surface area contributed by atoms with E-state index in [2.05, 4.69) is 0 Å². The largest absolute Gasteiger partial charge is 0.496 e. The van der Waals surface area contributed by atoms with Gasteiger partial charge in [0.1, 0.15) is 5.75 Å². The molecule has 0 aliphatic heterocycles. The van der Waals surface area contributed by atoms with Crippen LogP contribution >= 0.6 is 11.6 Å². The van der Waals surface area contributed by atoms with Crippen LogP contribution in [-0.2, 0) is 4.79 Å². The molecule has 17 heavy (non-hydrogen) atoms. The molecule has 0 unspecified atom stereocenters. The quantitative estimate of drug-likeness (QED) is 0.459. The molecule has 0 aromatic heterocycles. The highest BCUT2D eigenvalue weighted by Gasteiger charge is 2.16. The fraction of sp³-hybridized carbons (Fsp3) is 0.333. The second-order valence-corrected chi connectivity index (χ2v) is 3.88. The van der Waals surface area contributed by atoms with Gasteiger partial charge in [0.25, 0.3) is 0 Å². The van der Waals surface area contributed by atoms with Crippen molar-refractivity contribution in [3.63, 3.8) is 0 Å². The number of anilines is 1. The van der Waals surface area contributed by atoms with Crippen molar-refractivity contribution in [2.45, 2.75) is 6.92 Å². The lowest BCUT2D eigenvalue weighted by molar-refractivity contribution is -0.107. The van der Waals surface area contributed by atoms with Crippen LogP contribution in [0, 0.1) is 6.92 Å². The van der Waals surface area contributed by atoms with Gasteiger partial charge in [0, 0.05) is 12.6 Å². The molecule has 0 saturated carbocycles. The first-order valence-corrected chi connectivity index (χ1v) is 5.54. The van der Waals surface area contributed by atoms with Crippen molar-refractivity contribution in [1.82, 2.24) is 0 Å². The Morgan fingerprint density at radius 3 is 2.65 bits per heavy atom. The smallest absolute Gasteiger partial charge is 0.213 e. The zero-order valence-electron chi connectivity index (χ0n) is 9.99. The molecule has 0 aliphatic carbocycles. The summed E-state index contributed by atoms with van der Waals surface area (Å²) < 4.78 is 5.15. The van der Waals surface area contributed by atoms with Crippen molar-refractivity contribution in [1.29, 1.82) is 0 Å². The molecular formula is C12H14ClNO3. The minimum atomic E-state index is -0.242.